The molecule has 2 saturated carbocycles. The summed E-state index contributed by atoms with van der Waals surface area (Å²) in [5, 5.41) is 3.49. The van der Waals surface area contributed by atoms with Gasteiger partial charge in [0.15, 0.2) is 0 Å². The van der Waals surface area contributed by atoms with Crippen molar-refractivity contribution < 1.29 is 53.8 Å². The molecule has 0 spiro atoms. The van der Waals surface area contributed by atoms with Crippen LogP contribution in [0.5, 0.6) is 0 Å². The van der Waals surface area contributed by atoms with Gasteiger partial charge in [-0.2, -0.15) is 0 Å². The van der Waals surface area contributed by atoms with Crippen LogP contribution in [0.1, 0.15) is 48.5 Å². The SMILES string of the molecule is C[C@H]([C]1[CH][CH][CH][C]1P(c1ccccc1)c1ccccc1)P(C(C)(C)C)C(C)(C)C.F[B-](F)(F)F.[CH]1[CH][CH][CH][CH]1.[Fe+2].[Rh]. The van der Waals surface area contributed by atoms with E-state index in [4.69, 9.17) is 0 Å². The van der Waals surface area contributed by atoms with Crippen molar-refractivity contribution in [2.45, 2.75) is 64.4 Å². The Hall–Kier alpha value is 0.228. The average molecular weight is 732 g/mol. The molecule has 2 aromatic carbocycles. The summed E-state index contributed by atoms with van der Waals surface area (Å²) in [5.41, 5.74) is 2.10. The van der Waals surface area contributed by atoms with Gasteiger partial charge in [0.25, 0.3) is 0 Å². The van der Waals surface area contributed by atoms with E-state index in [1.54, 1.807) is 5.92 Å². The predicted octanol–water partition coefficient (Wildman–Crippen LogP) is 9.64. The van der Waals surface area contributed by atoms with Crippen LogP contribution in [0.15, 0.2) is 60.7 Å². The molecular weight excluding hydrogens is 692 g/mol. The molecule has 0 saturated heterocycles. The van der Waals surface area contributed by atoms with Gasteiger partial charge in [0, 0.05) is 25.1 Å². The van der Waals surface area contributed by atoms with Crippen LogP contribution < -0.4 is 10.6 Å². The zero-order chi connectivity index (χ0) is 29.3. The van der Waals surface area contributed by atoms with Crippen LogP contribution in [0.3, 0.4) is 0 Å². The minimum atomic E-state index is -6.00. The van der Waals surface area contributed by atoms with Gasteiger partial charge in [-0.15, -0.1) is 0 Å². The third kappa shape index (κ3) is 14.7. The first-order chi connectivity index (χ1) is 18.1. The molecule has 0 unspecified atom stereocenters. The minimum absolute atomic E-state index is 0. The van der Waals surface area contributed by atoms with Gasteiger partial charge in [-0.3, -0.25) is 0 Å². The first-order valence-electron chi connectivity index (χ1n) is 13.1. The van der Waals surface area contributed by atoms with Crippen molar-refractivity contribution >= 4 is 33.7 Å². The molecule has 9 heteroatoms. The second kappa shape index (κ2) is 18.9. The largest absolute Gasteiger partial charge is 2.00 e. The molecule has 0 aromatic heterocycles. The monoisotopic (exact) mass is 732 g/mol. The van der Waals surface area contributed by atoms with Gasteiger partial charge in [-0.25, -0.2) is 0 Å². The molecule has 4 rings (SSSR count). The second-order valence-corrected chi connectivity index (χ2v) is 17.6. The van der Waals surface area contributed by atoms with E-state index in [1.165, 1.54) is 16.3 Å². The van der Waals surface area contributed by atoms with Gasteiger partial charge >= 0.3 is 24.3 Å². The van der Waals surface area contributed by atoms with Crippen LogP contribution in [0.2, 0.25) is 0 Å². The molecule has 11 radical (unpaired) electrons. The number of benzene rings is 2. The van der Waals surface area contributed by atoms with Gasteiger partial charge in [-0.05, 0) is 91.8 Å². The number of hydrogen-bond acceptors (Lipinski definition) is 0. The van der Waals surface area contributed by atoms with E-state index in [0.29, 0.717) is 16.0 Å². The van der Waals surface area contributed by atoms with E-state index < -0.39 is 15.2 Å². The van der Waals surface area contributed by atoms with Crippen LogP contribution in [0.25, 0.3) is 0 Å². The van der Waals surface area contributed by atoms with Crippen molar-refractivity contribution in [3.05, 3.63) is 124 Å². The van der Waals surface area contributed by atoms with E-state index in [9.17, 15) is 17.3 Å². The fraction of sp³-hybridized carbons (Fsp3) is 0.312. The summed E-state index contributed by atoms with van der Waals surface area (Å²) in [6, 6.07) is 22.2. The molecule has 0 aliphatic heterocycles. The topological polar surface area (TPSA) is 0 Å². The Morgan fingerprint density at radius 2 is 0.951 bits per heavy atom. The molecule has 0 heterocycles. The normalized spacial score (nSPS) is 17.1. The summed E-state index contributed by atoms with van der Waals surface area (Å²) in [4.78, 5) is 0. The molecule has 0 N–H and O–H groups in total. The summed E-state index contributed by atoms with van der Waals surface area (Å²) >= 11 is 0. The van der Waals surface area contributed by atoms with Crippen LogP contribution >= 0.6 is 15.8 Å². The fourth-order valence-corrected chi connectivity index (χ4v) is 12.7. The Morgan fingerprint density at radius 3 is 1.27 bits per heavy atom. The fourth-order valence-electron chi connectivity index (χ4n) is 5.19. The predicted molar refractivity (Wildman–Crippen MR) is 166 cm³/mol. The second-order valence-electron chi connectivity index (χ2n) is 11.2. The van der Waals surface area contributed by atoms with Crippen molar-refractivity contribution in [2.24, 2.45) is 0 Å². The third-order valence-electron chi connectivity index (χ3n) is 5.93. The molecule has 0 bridgehead atoms. The third-order valence-corrected chi connectivity index (χ3v) is 12.4. The zero-order valence-corrected chi connectivity index (χ0v) is 29.2. The van der Waals surface area contributed by atoms with Crippen molar-refractivity contribution in [3.8, 4) is 0 Å². The first-order valence-corrected chi connectivity index (χ1v) is 15.8. The van der Waals surface area contributed by atoms with Crippen LogP contribution in [0, 0.1) is 62.9 Å². The van der Waals surface area contributed by atoms with E-state index in [2.05, 4.69) is 128 Å². The van der Waals surface area contributed by atoms with Crippen molar-refractivity contribution in [3.63, 3.8) is 0 Å². The number of halogens is 4. The summed E-state index contributed by atoms with van der Waals surface area (Å²) in [7, 11) is -6.77. The molecule has 2 fully saturated rings. The summed E-state index contributed by atoms with van der Waals surface area (Å²) in [5.74, 6) is 1.56. The Labute approximate surface area is 274 Å². The van der Waals surface area contributed by atoms with Gasteiger partial charge in [0.1, 0.15) is 0 Å². The smallest absolute Gasteiger partial charge is 0.418 e. The Morgan fingerprint density at radius 1 is 0.610 bits per heavy atom. The van der Waals surface area contributed by atoms with Crippen molar-refractivity contribution in [1.29, 1.82) is 0 Å². The number of rotatable bonds is 5. The van der Waals surface area contributed by atoms with Gasteiger partial charge in [0.2, 0.25) is 0 Å². The Balaban J connectivity index is 0.00000113. The van der Waals surface area contributed by atoms with Crippen molar-refractivity contribution in [1.82, 2.24) is 0 Å². The van der Waals surface area contributed by atoms with Crippen LogP contribution in [-0.2, 0) is 36.5 Å². The molecule has 41 heavy (non-hydrogen) atoms. The first kappa shape index (κ1) is 41.2. The zero-order valence-electron chi connectivity index (χ0n) is 24.6. The van der Waals surface area contributed by atoms with E-state index in [0.717, 1.165) is 0 Å². The molecule has 225 valence electrons. The molecule has 1 atom stereocenters. The summed E-state index contributed by atoms with van der Waals surface area (Å²) in [6.07, 6.45) is 17.1. The number of hydrogen-bond donors (Lipinski definition) is 0. The maximum atomic E-state index is 9.75. The van der Waals surface area contributed by atoms with Gasteiger partial charge in [-0.1, -0.05) is 117 Å². The summed E-state index contributed by atoms with van der Waals surface area (Å²) < 4.78 is 39.0. The Bertz CT molecular complexity index is 881. The van der Waals surface area contributed by atoms with Crippen molar-refractivity contribution in [2.75, 3.05) is 0 Å². The maximum absolute atomic E-state index is 9.75. The molecule has 2 aromatic rings. The quantitative estimate of drug-likeness (QED) is 0.163. The molecule has 2 aliphatic carbocycles. The van der Waals surface area contributed by atoms with E-state index in [1.807, 2.05) is 32.1 Å². The standard InChI is InChI=1S/C27H35P2.C5H5.BF4.Fe.Rh/c1-21(29(26(2,3)4)27(5,6)7)24-19-14-20-25(24)28(22-15-10-8-11-16-22)23-17-12-9-13-18-23;1-2-4-5-3-1;2-1(3,4)5;;/h8-21H,1-7H3;1-5H;;;/q;;-1;+2;/t21-;;;;/m1..../s1. The van der Waals surface area contributed by atoms with Gasteiger partial charge in [0.05, 0.1) is 0 Å². The molecular formula is C32H40BF4FeP2Rh+. The maximum Gasteiger partial charge on any atom is 2.00 e. The van der Waals surface area contributed by atoms with E-state index >= 15 is 0 Å². The summed E-state index contributed by atoms with van der Waals surface area (Å²) in [6.45, 7) is 17.1. The average Bonchev–Trinajstić information content (AvgIpc) is 3.53. The van der Waals surface area contributed by atoms with E-state index in [-0.39, 0.29) is 44.5 Å². The minimum Gasteiger partial charge on any atom is -0.418 e. The van der Waals surface area contributed by atoms with Crippen LogP contribution in [-0.4, -0.2) is 23.2 Å². The molecule has 2 aliphatic rings. The van der Waals surface area contributed by atoms with Crippen LogP contribution in [0.4, 0.5) is 17.3 Å². The Kier molecular flexibility index (Phi) is 19.0. The van der Waals surface area contributed by atoms with Gasteiger partial charge < -0.3 is 17.3 Å². The molecule has 0 amide bonds. The molecule has 0 nitrogen and oxygen atoms in total.